The van der Waals surface area contributed by atoms with Crippen molar-refractivity contribution >= 4 is 21.6 Å². The van der Waals surface area contributed by atoms with E-state index in [1.807, 2.05) is 13.8 Å². The second-order valence-electron chi connectivity index (χ2n) is 4.40. The van der Waals surface area contributed by atoms with Gasteiger partial charge in [-0.1, -0.05) is 25.4 Å². The van der Waals surface area contributed by atoms with E-state index in [1.165, 1.54) is 6.07 Å². The lowest BCUT2D eigenvalue weighted by Gasteiger charge is -2.31. The zero-order valence-corrected chi connectivity index (χ0v) is 12.5. The molecule has 0 aliphatic rings. The summed E-state index contributed by atoms with van der Waals surface area (Å²) in [7, 11) is -3.85. The van der Waals surface area contributed by atoms with Crippen molar-refractivity contribution < 1.29 is 12.8 Å². The SMILES string of the molecule is CCC(CC)(CN)NS(=O)(=O)c1cc(F)cc(Cl)c1. The molecule has 0 unspecified atom stereocenters. The number of hydrogen-bond donors (Lipinski definition) is 2. The van der Waals surface area contributed by atoms with Crippen LogP contribution >= 0.6 is 11.6 Å². The van der Waals surface area contributed by atoms with Gasteiger partial charge in [0.25, 0.3) is 0 Å². The van der Waals surface area contributed by atoms with E-state index in [1.54, 1.807) is 0 Å². The van der Waals surface area contributed by atoms with Crippen molar-refractivity contribution in [3.05, 3.63) is 29.0 Å². The van der Waals surface area contributed by atoms with E-state index >= 15 is 0 Å². The van der Waals surface area contributed by atoms with E-state index < -0.39 is 21.4 Å². The minimum atomic E-state index is -3.85. The summed E-state index contributed by atoms with van der Waals surface area (Å²) in [5.41, 5.74) is 4.92. The third-order valence-electron chi connectivity index (χ3n) is 3.24. The fourth-order valence-corrected chi connectivity index (χ4v) is 3.65. The maximum absolute atomic E-state index is 13.2. The van der Waals surface area contributed by atoms with Crippen LogP contribution in [0, 0.1) is 5.82 Å². The van der Waals surface area contributed by atoms with Crippen LogP contribution in [-0.4, -0.2) is 20.5 Å². The molecule has 0 aliphatic heterocycles. The monoisotopic (exact) mass is 308 g/mol. The highest BCUT2D eigenvalue weighted by atomic mass is 35.5. The Labute approximate surface area is 118 Å². The Morgan fingerprint density at radius 3 is 2.32 bits per heavy atom. The Bertz CT molecular complexity index is 516. The van der Waals surface area contributed by atoms with Crippen LogP contribution in [0.5, 0.6) is 0 Å². The highest BCUT2D eigenvalue weighted by Crippen LogP contribution is 2.22. The van der Waals surface area contributed by atoms with Gasteiger partial charge in [-0.2, -0.15) is 0 Å². The van der Waals surface area contributed by atoms with Gasteiger partial charge in [-0.15, -0.1) is 0 Å². The van der Waals surface area contributed by atoms with E-state index in [-0.39, 0.29) is 16.5 Å². The van der Waals surface area contributed by atoms with Crippen molar-refractivity contribution in [1.29, 1.82) is 0 Å². The highest BCUT2D eigenvalue weighted by Gasteiger charge is 2.31. The van der Waals surface area contributed by atoms with Gasteiger partial charge in [0.1, 0.15) is 5.82 Å². The highest BCUT2D eigenvalue weighted by molar-refractivity contribution is 7.89. The Morgan fingerprint density at radius 2 is 1.89 bits per heavy atom. The predicted octanol–water partition coefficient (Wildman–Crippen LogP) is 2.27. The van der Waals surface area contributed by atoms with Gasteiger partial charge in [0.2, 0.25) is 10.0 Å². The second-order valence-corrected chi connectivity index (χ2v) is 6.52. The molecular formula is C12H18ClFN2O2S. The Morgan fingerprint density at radius 1 is 1.32 bits per heavy atom. The number of nitrogens with two attached hydrogens (primary N) is 1. The Balaban J connectivity index is 3.17. The van der Waals surface area contributed by atoms with Crippen LogP contribution in [0.4, 0.5) is 4.39 Å². The summed E-state index contributed by atoms with van der Waals surface area (Å²) in [4.78, 5) is -0.197. The van der Waals surface area contributed by atoms with Gasteiger partial charge in [0.05, 0.1) is 4.90 Å². The second kappa shape index (κ2) is 6.17. The molecule has 1 rings (SSSR count). The number of halogens is 2. The number of hydrogen-bond acceptors (Lipinski definition) is 3. The Kier molecular flexibility index (Phi) is 5.32. The number of nitrogens with one attached hydrogen (secondary N) is 1. The van der Waals surface area contributed by atoms with Crippen molar-refractivity contribution in [2.75, 3.05) is 6.54 Å². The molecule has 0 saturated carbocycles. The fourth-order valence-electron chi connectivity index (χ4n) is 1.75. The van der Waals surface area contributed by atoms with Crippen molar-refractivity contribution in [3.63, 3.8) is 0 Å². The molecule has 0 heterocycles. The van der Waals surface area contributed by atoms with E-state index in [4.69, 9.17) is 17.3 Å². The maximum Gasteiger partial charge on any atom is 0.241 e. The van der Waals surface area contributed by atoms with E-state index in [2.05, 4.69) is 4.72 Å². The average Bonchev–Trinajstić information content (AvgIpc) is 2.35. The van der Waals surface area contributed by atoms with E-state index in [0.717, 1.165) is 12.1 Å². The fraction of sp³-hybridized carbons (Fsp3) is 0.500. The molecule has 0 atom stereocenters. The molecule has 0 amide bonds. The molecule has 0 fully saturated rings. The maximum atomic E-state index is 13.2. The minimum Gasteiger partial charge on any atom is -0.329 e. The molecule has 1 aromatic carbocycles. The van der Waals surface area contributed by atoms with E-state index in [0.29, 0.717) is 12.8 Å². The molecule has 4 nitrogen and oxygen atoms in total. The van der Waals surface area contributed by atoms with E-state index in [9.17, 15) is 12.8 Å². The largest absolute Gasteiger partial charge is 0.329 e. The molecule has 0 bridgehead atoms. The van der Waals surface area contributed by atoms with Gasteiger partial charge in [0.15, 0.2) is 0 Å². The third-order valence-corrected chi connectivity index (χ3v) is 5.02. The summed E-state index contributed by atoms with van der Waals surface area (Å²) in [5, 5.41) is 0.0340. The van der Waals surface area contributed by atoms with Gasteiger partial charge in [-0.25, -0.2) is 17.5 Å². The summed E-state index contributed by atoms with van der Waals surface area (Å²) in [5.74, 6) is -0.695. The first-order valence-corrected chi connectivity index (χ1v) is 7.85. The van der Waals surface area contributed by atoms with Gasteiger partial charge in [-0.3, -0.25) is 0 Å². The molecule has 19 heavy (non-hydrogen) atoms. The summed E-state index contributed by atoms with van der Waals surface area (Å²) < 4.78 is 40.3. The molecule has 0 spiro atoms. The number of rotatable bonds is 6. The van der Waals surface area contributed by atoms with Crippen molar-refractivity contribution in [2.45, 2.75) is 37.1 Å². The Hall–Kier alpha value is -0.690. The first-order chi connectivity index (χ1) is 8.78. The lowest BCUT2D eigenvalue weighted by molar-refractivity contribution is 0.363. The van der Waals surface area contributed by atoms with Crippen LogP contribution in [-0.2, 0) is 10.0 Å². The molecule has 1 aromatic rings. The zero-order valence-electron chi connectivity index (χ0n) is 10.9. The summed E-state index contributed by atoms with van der Waals surface area (Å²) in [6.07, 6.45) is 1.09. The van der Waals surface area contributed by atoms with Gasteiger partial charge < -0.3 is 5.73 Å². The first-order valence-electron chi connectivity index (χ1n) is 5.98. The molecule has 0 aliphatic carbocycles. The predicted molar refractivity (Wildman–Crippen MR) is 74.1 cm³/mol. The van der Waals surface area contributed by atoms with Crippen molar-refractivity contribution in [1.82, 2.24) is 4.72 Å². The molecule has 3 N–H and O–H groups in total. The number of benzene rings is 1. The lowest BCUT2D eigenvalue weighted by Crippen LogP contribution is -2.52. The van der Waals surface area contributed by atoms with Crippen molar-refractivity contribution in [2.24, 2.45) is 5.73 Å². The number of sulfonamides is 1. The van der Waals surface area contributed by atoms with Crippen LogP contribution in [0.1, 0.15) is 26.7 Å². The molecule has 0 aromatic heterocycles. The van der Waals surface area contributed by atoms with Crippen LogP contribution in [0.3, 0.4) is 0 Å². The molecule has 7 heteroatoms. The molecule has 108 valence electrons. The lowest BCUT2D eigenvalue weighted by atomic mass is 9.95. The average molecular weight is 309 g/mol. The van der Waals surface area contributed by atoms with Crippen LogP contribution < -0.4 is 10.5 Å². The molecular weight excluding hydrogens is 291 g/mol. The summed E-state index contributed by atoms with van der Waals surface area (Å²) >= 11 is 5.67. The zero-order chi connectivity index (χ0) is 14.7. The van der Waals surface area contributed by atoms with Crippen LogP contribution in [0.15, 0.2) is 23.1 Å². The van der Waals surface area contributed by atoms with Crippen LogP contribution in [0.2, 0.25) is 5.02 Å². The summed E-state index contributed by atoms with van der Waals surface area (Å²) in [6, 6.07) is 3.19. The van der Waals surface area contributed by atoms with Gasteiger partial charge in [-0.05, 0) is 31.0 Å². The van der Waals surface area contributed by atoms with Gasteiger partial charge in [0, 0.05) is 17.1 Å². The smallest absolute Gasteiger partial charge is 0.241 e. The van der Waals surface area contributed by atoms with Crippen LogP contribution in [0.25, 0.3) is 0 Å². The standard InChI is InChI=1S/C12H18ClFN2O2S/c1-3-12(4-2,8-15)16-19(17,18)11-6-9(13)5-10(14)7-11/h5-7,16H,3-4,8,15H2,1-2H3. The molecule has 0 saturated heterocycles. The normalized spacial score (nSPS) is 12.7. The minimum absolute atomic E-state index is 0.0340. The topological polar surface area (TPSA) is 72.2 Å². The van der Waals surface area contributed by atoms with Gasteiger partial charge >= 0.3 is 0 Å². The first kappa shape index (κ1) is 16.4. The molecule has 0 radical (unpaired) electrons. The van der Waals surface area contributed by atoms with Crippen molar-refractivity contribution in [3.8, 4) is 0 Å². The quantitative estimate of drug-likeness (QED) is 0.847. The summed E-state index contributed by atoms with van der Waals surface area (Å²) in [6.45, 7) is 3.86. The third kappa shape index (κ3) is 3.89.